The predicted octanol–water partition coefficient (Wildman–Crippen LogP) is 1.63. The van der Waals surface area contributed by atoms with Crippen LogP contribution in [-0.4, -0.2) is 39.0 Å². The SMILES string of the molecule is CNC(CCOCCOC)c1cc(Cl)cnc1N. The predicted molar refractivity (Wildman–Crippen MR) is 72.8 cm³/mol. The van der Waals surface area contributed by atoms with Gasteiger partial charge in [0.2, 0.25) is 0 Å². The second kappa shape index (κ2) is 8.26. The summed E-state index contributed by atoms with van der Waals surface area (Å²) >= 11 is 5.93. The van der Waals surface area contributed by atoms with Crippen LogP contribution in [0.2, 0.25) is 5.02 Å². The lowest BCUT2D eigenvalue weighted by molar-refractivity contribution is 0.0661. The van der Waals surface area contributed by atoms with E-state index in [4.69, 9.17) is 26.8 Å². The Kier molecular flexibility index (Phi) is 6.97. The highest BCUT2D eigenvalue weighted by Crippen LogP contribution is 2.24. The molecule has 0 saturated carbocycles. The number of hydrogen-bond acceptors (Lipinski definition) is 5. The topological polar surface area (TPSA) is 69.4 Å². The molecule has 1 heterocycles. The summed E-state index contributed by atoms with van der Waals surface area (Å²) in [5.74, 6) is 0.496. The monoisotopic (exact) mass is 273 g/mol. The number of nitrogen functional groups attached to an aromatic ring is 1. The van der Waals surface area contributed by atoms with Gasteiger partial charge in [-0.2, -0.15) is 0 Å². The van der Waals surface area contributed by atoms with Gasteiger partial charge in [-0.25, -0.2) is 4.98 Å². The van der Waals surface area contributed by atoms with E-state index < -0.39 is 0 Å². The van der Waals surface area contributed by atoms with Gasteiger partial charge in [0.1, 0.15) is 5.82 Å². The molecule has 0 aliphatic rings. The number of ether oxygens (including phenoxy) is 2. The van der Waals surface area contributed by atoms with Crippen LogP contribution in [0.4, 0.5) is 5.82 Å². The van der Waals surface area contributed by atoms with Crippen LogP contribution in [0, 0.1) is 0 Å². The molecule has 6 heteroatoms. The zero-order chi connectivity index (χ0) is 13.4. The minimum absolute atomic E-state index is 0.0822. The first kappa shape index (κ1) is 15.2. The second-order valence-corrected chi connectivity index (χ2v) is 4.30. The molecule has 3 N–H and O–H groups in total. The number of nitrogens with zero attached hydrogens (tertiary/aromatic N) is 1. The van der Waals surface area contributed by atoms with E-state index in [0.717, 1.165) is 12.0 Å². The van der Waals surface area contributed by atoms with Crippen LogP contribution in [0.25, 0.3) is 0 Å². The summed E-state index contributed by atoms with van der Waals surface area (Å²) in [4.78, 5) is 4.05. The van der Waals surface area contributed by atoms with E-state index in [9.17, 15) is 0 Å². The van der Waals surface area contributed by atoms with Crippen molar-refractivity contribution in [2.24, 2.45) is 0 Å². The van der Waals surface area contributed by atoms with Gasteiger partial charge in [-0.1, -0.05) is 11.6 Å². The maximum Gasteiger partial charge on any atom is 0.128 e. The van der Waals surface area contributed by atoms with Gasteiger partial charge in [0.25, 0.3) is 0 Å². The number of methoxy groups -OCH3 is 1. The zero-order valence-electron chi connectivity index (χ0n) is 10.8. The molecule has 0 saturated heterocycles. The quantitative estimate of drug-likeness (QED) is 0.705. The molecule has 0 aliphatic heterocycles. The molecular formula is C12H20ClN3O2. The van der Waals surface area contributed by atoms with Crippen molar-refractivity contribution in [3.63, 3.8) is 0 Å². The van der Waals surface area contributed by atoms with E-state index in [-0.39, 0.29) is 6.04 Å². The number of nitrogens with two attached hydrogens (primary N) is 1. The summed E-state index contributed by atoms with van der Waals surface area (Å²) in [6.07, 6.45) is 2.34. The highest BCUT2D eigenvalue weighted by molar-refractivity contribution is 6.30. The molecule has 1 atom stereocenters. The minimum Gasteiger partial charge on any atom is -0.383 e. The third kappa shape index (κ3) is 4.78. The Labute approximate surface area is 113 Å². The summed E-state index contributed by atoms with van der Waals surface area (Å²) in [5, 5.41) is 3.77. The largest absolute Gasteiger partial charge is 0.383 e. The fourth-order valence-corrected chi connectivity index (χ4v) is 1.81. The first-order valence-electron chi connectivity index (χ1n) is 5.84. The first-order valence-corrected chi connectivity index (χ1v) is 6.21. The molecule has 0 aromatic carbocycles. The highest BCUT2D eigenvalue weighted by Gasteiger charge is 2.13. The van der Waals surface area contributed by atoms with Crippen LogP contribution in [0.3, 0.4) is 0 Å². The van der Waals surface area contributed by atoms with Gasteiger partial charge in [-0.3, -0.25) is 0 Å². The van der Waals surface area contributed by atoms with E-state index in [0.29, 0.717) is 30.7 Å². The summed E-state index contributed by atoms with van der Waals surface area (Å²) in [5.41, 5.74) is 6.75. The molecule has 1 rings (SSSR count). The van der Waals surface area contributed by atoms with Crippen LogP contribution in [0.1, 0.15) is 18.0 Å². The summed E-state index contributed by atoms with van der Waals surface area (Å²) in [6.45, 7) is 1.82. The number of nitrogens with one attached hydrogen (secondary N) is 1. The fraction of sp³-hybridized carbons (Fsp3) is 0.583. The normalized spacial score (nSPS) is 12.6. The van der Waals surface area contributed by atoms with Gasteiger partial charge < -0.3 is 20.5 Å². The molecule has 18 heavy (non-hydrogen) atoms. The Balaban J connectivity index is 2.52. The number of anilines is 1. The number of aromatic nitrogens is 1. The van der Waals surface area contributed by atoms with Gasteiger partial charge in [-0.15, -0.1) is 0 Å². The standard InChI is InChI=1S/C12H20ClN3O2/c1-15-11(3-4-18-6-5-17-2)10-7-9(13)8-16-12(10)14/h7-8,11,15H,3-6H2,1-2H3,(H2,14,16). The zero-order valence-corrected chi connectivity index (χ0v) is 11.5. The summed E-state index contributed by atoms with van der Waals surface area (Å²) in [7, 11) is 3.53. The highest BCUT2D eigenvalue weighted by atomic mass is 35.5. The molecule has 0 fully saturated rings. The molecule has 0 bridgehead atoms. The average molecular weight is 274 g/mol. The maximum absolute atomic E-state index is 5.93. The van der Waals surface area contributed by atoms with E-state index >= 15 is 0 Å². The second-order valence-electron chi connectivity index (χ2n) is 3.86. The number of rotatable bonds is 8. The van der Waals surface area contributed by atoms with E-state index in [1.54, 1.807) is 13.3 Å². The van der Waals surface area contributed by atoms with Gasteiger partial charge in [0.15, 0.2) is 0 Å². The maximum atomic E-state index is 5.93. The van der Waals surface area contributed by atoms with Crippen molar-refractivity contribution >= 4 is 17.4 Å². The van der Waals surface area contributed by atoms with Crippen LogP contribution in [0.5, 0.6) is 0 Å². The summed E-state index contributed by atoms with van der Waals surface area (Å²) < 4.78 is 10.3. The smallest absolute Gasteiger partial charge is 0.128 e. The van der Waals surface area contributed by atoms with Gasteiger partial charge >= 0.3 is 0 Å². The van der Waals surface area contributed by atoms with Crippen LogP contribution >= 0.6 is 11.6 Å². The Bertz CT molecular complexity index is 363. The molecule has 1 unspecified atom stereocenters. The van der Waals surface area contributed by atoms with Crippen molar-refractivity contribution in [1.82, 2.24) is 10.3 Å². The molecule has 1 aromatic heterocycles. The molecule has 5 nitrogen and oxygen atoms in total. The Morgan fingerprint density at radius 1 is 1.44 bits per heavy atom. The number of halogens is 1. The van der Waals surface area contributed by atoms with Crippen molar-refractivity contribution in [1.29, 1.82) is 0 Å². The third-order valence-corrected chi connectivity index (χ3v) is 2.83. The molecule has 102 valence electrons. The summed E-state index contributed by atoms with van der Waals surface area (Å²) in [6, 6.07) is 1.92. The lowest BCUT2D eigenvalue weighted by atomic mass is 10.1. The Morgan fingerprint density at radius 2 is 2.22 bits per heavy atom. The van der Waals surface area contributed by atoms with E-state index in [1.807, 2.05) is 13.1 Å². The van der Waals surface area contributed by atoms with Gasteiger partial charge in [0.05, 0.1) is 18.2 Å². The minimum atomic E-state index is 0.0822. The lowest BCUT2D eigenvalue weighted by Crippen LogP contribution is -2.20. The van der Waals surface area contributed by atoms with Crippen molar-refractivity contribution in [3.8, 4) is 0 Å². The molecule has 0 radical (unpaired) electrons. The van der Waals surface area contributed by atoms with Crippen LogP contribution < -0.4 is 11.1 Å². The number of hydrogen-bond donors (Lipinski definition) is 2. The molecule has 0 amide bonds. The van der Waals surface area contributed by atoms with Crippen molar-refractivity contribution in [2.45, 2.75) is 12.5 Å². The van der Waals surface area contributed by atoms with Gasteiger partial charge in [-0.05, 0) is 19.5 Å². The van der Waals surface area contributed by atoms with Crippen molar-refractivity contribution in [2.75, 3.05) is 39.7 Å². The van der Waals surface area contributed by atoms with Gasteiger partial charge in [0, 0.05) is 31.5 Å². The molecule has 0 aliphatic carbocycles. The molecule has 1 aromatic rings. The number of pyridine rings is 1. The van der Waals surface area contributed by atoms with E-state index in [2.05, 4.69) is 10.3 Å². The van der Waals surface area contributed by atoms with Crippen molar-refractivity contribution < 1.29 is 9.47 Å². The Morgan fingerprint density at radius 3 is 2.89 bits per heavy atom. The van der Waals surface area contributed by atoms with Crippen molar-refractivity contribution in [3.05, 3.63) is 22.8 Å². The molecule has 0 spiro atoms. The molecular weight excluding hydrogens is 254 g/mol. The first-order chi connectivity index (χ1) is 8.69. The third-order valence-electron chi connectivity index (χ3n) is 2.62. The lowest BCUT2D eigenvalue weighted by Gasteiger charge is -2.18. The average Bonchev–Trinajstić information content (AvgIpc) is 2.37. The van der Waals surface area contributed by atoms with E-state index in [1.165, 1.54) is 0 Å². The van der Waals surface area contributed by atoms with Crippen LogP contribution in [-0.2, 0) is 9.47 Å². The van der Waals surface area contributed by atoms with Crippen LogP contribution in [0.15, 0.2) is 12.3 Å². The fourth-order valence-electron chi connectivity index (χ4n) is 1.65. The Hall–Kier alpha value is -0.880.